The van der Waals surface area contributed by atoms with Gasteiger partial charge in [0.05, 0.1) is 5.69 Å². The van der Waals surface area contributed by atoms with Crippen LogP contribution < -0.4 is 21.3 Å². The third-order valence-corrected chi connectivity index (χ3v) is 2.27. The van der Waals surface area contributed by atoms with Gasteiger partial charge in [-0.1, -0.05) is 19.1 Å². The zero-order valence-corrected chi connectivity index (χ0v) is 10.4. The second kappa shape index (κ2) is 6.61. The van der Waals surface area contributed by atoms with Gasteiger partial charge >= 0.3 is 0 Å². The Labute approximate surface area is 105 Å². The fourth-order valence-electron chi connectivity index (χ4n) is 1.43. The molecule has 0 saturated carbocycles. The average molecular weight is 251 g/mol. The van der Waals surface area contributed by atoms with E-state index in [1.807, 2.05) is 5.43 Å². The molecule has 18 heavy (non-hydrogen) atoms. The molecule has 6 heteroatoms. The van der Waals surface area contributed by atoms with E-state index in [2.05, 4.69) is 5.32 Å². The summed E-state index contributed by atoms with van der Waals surface area (Å²) in [6.45, 7) is 3.21. The van der Waals surface area contributed by atoms with Crippen LogP contribution in [0.2, 0.25) is 0 Å². The van der Waals surface area contributed by atoms with Crippen molar-refractivity contribution in [3.05, 3.63) is 24.3 Å². The van der Waals surface area contributed by atoms with Gasteiger partial charge in [0.1, 0.15) is 5.75 Å². The number of nitrogens with two attached hydrogens (primary N) is 1. The van der Waals surface area contributed by atoms with Crippen molar-refractivity contribution in [1.29, 1.82) is 0 Å². The molecular weight excluding hydrogens is 234 g/mol. The number of hydrazine groups is 1. The first-order valence-electron chi connectivity index (χ1n) is 5.62. The van der Waals surface area contributed by atoms with Gasteiger partial charge in [0.2, 0.25) is 5.91 Å². The summed E-state index contributed by atoms with van der Waals surface area (Å²) >= 11 is 0. The molecule has 1 aromatic rings. The molecule has 0 bridgehead atoms. The molecule has 0 aliphatic rings. The van der Waals surface area contributed by atoms with E-state index < -0.39 is 12.0 Å². The Hall–Kier alpha value is -2.08. The highest BCUT2D eigenvalue weighted by molar-refractivity contribution is 5.90. The first-order chi connectivity index (χ1) is 8.58. The van der Waals surface area contributed by atoms with Gasteiger partial charge in [-0.2, -0.15) is 0 Å². The van der Waals surface area contributed by atoms with Crippen molar-refractivity contribution >= 4 is 17.5 Å². The lowest BCUT2D eigenvalue weighted by Gasteiger charge is -2.18. The van der Waals surface area contributed by atoms with Crippen molar-refractivity contribution in [2.75, 3.05) is 5.32 Å². The van der Waals surface area contributed by atoms with Gasteiger partial charge in [-0.25, -0.2) is 5.84 Å². The minimum absolute atomic E-state index is 0.206. The maximum absolute atomic E-state index is 11.4. The van der Waals surface area contributed by atoms with Gasteiger partial charge in [0.15, 0.2) is 6.10 Å². The van der Waals surface area contributed by atoms with Crippen molar-refractivity contribution in [2.24, 2.45) is 5.84 Å². The van der Waals surface area contributed by atoms with Gasteiger partial charge in [-0.3, -0.25) is 15.0 Å². The molecule has 1 rings (SSSR count). The molecule has 1 aromatic carbocycles. The number of para-hydroxylation sites is 2. The number of nitrogens with one attached hydrogen (secondary N) is 2. The Balaban J connectivity index is 2.88. The highest BCUT2D eigenvalue weighted by Crippen LogP contribution is 2.25. The highest BCUT2D eigenvalue weighted by Gasteiger charge is 2.18. The predicted octanol–water partition coefficient (Wildman–Crippen LogP) is 0.792. The number of hydrogen-bond acceptors (Lipinski definition) is 4. The molecule has 1 atom stereocenters. The molecule has 0 heterocycles. The molecule has 0 radical (unpaired) electrons. The van der Waals surface area contributed by atoms with Gasteiger partial charge in [0, 0.05) is 6.92 Å². The van der Waals surface area contributed by atoms with Crippen LogP contribution in [-0.2, 0) is 9.59 Å². The lowest BCUT2D eigenvalue weighted by Crippen LogP contribution is -2.41. The predicted molar refractivity (Wildman–Crippen MR) is 67.8 cm³/mol. The van der Waals surface area contributed by atoms with Crippen LogP contribution in [0.25, 0.3) is 0 Å². The number of ether oxygens (including phenoxy) is 1. The average Bonchev–Trinajstić information content (AvgIpc) is 2.36. The minimum atomic E-state index is -0.690. The first kappa shape index (κ1) is 14.0. The molecule has 1 unspecified atom stereocenters. The number of carbonyl (C=O) groups is 2. The number of anilines is 1. The van der Waals surface area contributed by atoms with Crippen molar-refractivity contribution in [1.82, 2.24) is 5.43 Å². The molecule has 98 valence electrons. The summed E-state index contributed by atoms with van der Waals surface area (Å²) in [5.74, 6) is 4.89. The van der Waals surface area contributed by atoms with E-state index in [-0.39, 0.29) is 5.91 Å². The summed E-state index contributed by atoms with van der Waals surface area (Å²) in [6, 6.07) is 6.90. The van der Waals surface area contributed by atoms with E-state index in [1.165, 1.54) is 6.92 Å². The van der Waals surface area contributed by atoms with Crippen LogP contribution in [0.1, 0.15) is 20.3 Å². The molecule has 0 fully saturated rings. The largest absolute Gasteiger partial charge is 0.478 e. The second-order valence-electron chi connectivity index (χ2n) is 3.70. The van der Waals surface area contributed by atoms with Crippen molar-refractivity contribution in [3.63, 3.8) is 0 Å². The van der Waals surface area contributed by atoms with E-state index in [1.54, 1.807) is 31.2 Å². The van der Waals surface area contributed by atoms with Gasteiger partial charge < -0.3 is 10.1 Å². The van der Waals surface area contributed by atoms with Gasteiger partial charge in [-0.05, 0) is 18.6 Å². The molecule has 0 saturated heterocycles. The molecule has 2 amide bonds. The van der Waals surface area contributed by atoms with E-state index >= 15 is 0 Å². The van der Waals surface area contributed by atoms with Crippen molar-refractivity contribution in [3.8, 4) is 5.75 Å². The number of benzene rings is 1. The summed E-state index contributed by atoms with van der Waals surface area (Å²) < 4.78 is 5.54. The van der Waals surface area contributed by atoms with E-state index in [4.69, 9.17) is 10.6 Å². The zero-order valence-electron chi connectivity index (χ0n) is 10.4. The summed E-state index contributed by atoms with van der Waals surface area (Å²) in [4.78, 5) is 22.5. The molecule has 0 aromatic heterocycles. The smallest absolute Gasteiger partial charge is 0.274 e. The van der Waals surface area contributed by atoms with Crippen LogP contribution in [0.5, 0.6) is 5.75 Å². The Kier molecular flexibility index (Phi) is 5.13. The topological polar surface area (TPSA) is 93.4 Å². The third kappa shape index (κ3) is 3.74. The molecule has 0 spiro atoms. The quantitative estimate of drug-likeness (QED) is 0.410. The number of hydrogen-bond donors (Lipinski definition) is 3. The van der Waals surface area contributed by atoms with Crippen LogP contribution in [0.3, 0.4) is 0 Å². The fourth-order valence-corrected chi connectivity index (χ4v) is 1.43. The van der Waals surface area contributed by atoms with E-state index in [9.17, 15) is 9.59 Å². The Morgan fingerprint density at radius 1 is 1.39 bits per heavy atom. The molecule has 0 aliphatic carbocycles. The van der Waals surface area contributed by atoms with Crippen molar-refractivity contribution < 1.29 is 14.3 Å². The van der Waals surface area contributed by atoms with Crippen LogP contribution >= 0.6 is 0 Å². The molecule has 6 nitrogen and oxygen atoms in total. The number of rotatable bonds is 5. The zero-order chi connectivity index (χ0) is 13.5. The molecule has 4 N–H and O–H groups in total. The van der Waals surface area contributed by atoms with Crippen LogP contribution in [-0.4, -0.2) is 17.9 Å². The first-order valence-corrected chi connectivity index (χ1v) is 5.62. The standard InChI is InChI=1S/C12H17N3O3/c1-3-10(12(17)15-13)18-11-7-5-4-6-9(11)14-8(2)16/h4-7,10H,3,13H2,1-2H3,(H,14,16)(H,15,17). The summed E-state index contributed by atoms with van der Waals surface area (Å²) in [5.41, 5.74) is 2.57. The van der Waals surface area contributed by atoms with Crippen LogP contribution in [0.15, 0.2) is 24.3 Å². The second-order valence-corrected chi connectivity index (χ2v) is 3.70. The summed E-state index contributed by atoms with van der Waals surface area (Å²) in [6.07, 6.45) is -0.220. The minimum Gasteiger partial charge on any atom is -0.478 e. The number of carbonyl (C=O) groups excluding carboxylic acids is 2. The monoisotopic (exact) mass is 251 g/mol. The van der Waals surface area contributed by atoms with E-state index in [0.29, 0.717) is 17.9 Å². The Bertz CT molecular complexity index is 434. The normalized spacial score (nSPS) is 11.5. The maximum atomic E-state index is 11.4. The van der Waals surface area contributed by atoms with Gasteiger partial charge in [-0.15, -0.1) is 0 Å². The lowest BCUT2D eigenvalue weighted by atomic mass is 10.2. The van der Waals surface area contributed by atoms with Crippen LogP contribution in [0, 0.1) is 0 Å². The Morgan fingerprint density at radius 2 is 2.06 bits per heavy atom. The van der Waals surface area contributed by atoms with E-state index in [0.717, 1.165) is 0 Å². The molecular formula is C12H17N3O3. The molecule has 0 aliphatic heterocycles. The van der Waals surface area contributed by atoms with Gasteiger partial charge in [0.25, 0.3) is 5.91 Å². The fraction of sp³-hybridized carbons (Fsp3) is 0.333. The third-order valence-electron chi connectivity index (χ3n) is 2.27. The summed E-state index contributed by atoms with van der Waals surface area (Å²) in [5, 5.41) is 2.63. The summed E-state index contributed by atoms with van der Waals surface area (Å²) in [7, 11) is 0. The maximum Gasteiger partial charge on any atom is 0.274 e. The van der Waals surface area contributed by atoms with Crippen LogP contribution in [0.4, 0.5) is 5.69 Å². The van der Waals surface area contributed by atoms with Crippen molar-refractivity contribution in [2.45, 2.75) is 26.4 Å². The highest BCUT2D eigenvalue weighted by atomic mass is 16.5. The number of amides is 2. The Morgan fingerprint density at radius 3 is 2.61 bits per heavy atom. The SMILES string of the molecule is CCC(Oc1ccccc1NC(C)=O)C(=O)NN. The lowest BCUT2D eigenvalue weighted by molar-refractivity contribution is -0.128.